The van der Waals surface area contributed by atoms with E-state index in [2.05, 4.69) is 20.9 Å². The Kier molecular flexibility index (Phi) is 4.71. The number of hydrogen-bond donors (Lipinski definition) is 0. The number of thiophene rings is 1. The number of ether oxygens (including phenoxy) is 1. The van der Waals surface area contributed by atoms with Crippen LogP contribution < -0.4 is 5.56 Å². The topological polar surface area (TPSA) is 60.7 Å². The number of carbonyl (C=O) groups excluding carboxylic acids is 1. The molecule has 8 heteroatoms. The molecule has 130 valence electrons. The van der Waals surface area contributed by atoms with Gasteiger partial charge in [-0.2, -0.15) is 0 Å². The van der Waals surface area contributed by atoms with E-state index >= 15 is 0 Å². The number of esters is 1. The number of carbonyl (C=O) groups is 1. The van der Waals surface area contributed by atoms with Gasteiger partial charge >= 0.3 is 5.97 Å². The average molecular weight is 447 g/mol. The van der Waals surface area contributed by atoms with Crippen LogP contribution in [0.2, 0.25) is 0 Å². The molecule has 0 fully saturated rings. The molecule has 0 aliphatic heterocycles. The van der Waals surface area contributed by atoms with E-state index in [1.165, 1.54) is 34.8 Å². The molecule has 0 amide bonds. The Morgan fingerprint density at radius 3 is 2.88 bits per heavy atom. The van der Waals surface area contributed by atoms with Gasteiger partial charge < -0.3 is 4.74 Å². The van der Waals surface area contributed by atoms with Crippen LogP contribution >= 0.6 is 38.6 Å². The first kappa shape index (κ1) is 17.1. The fourth-order valence-corrected chi connectivity index (χ4v) is 4.83. The number of halogens is 1. The number of rotatable bonds is 4. The Balaban J connectivity index is 1.52. The molecule has 0 saturated heterocycles. The van der Waals surface area contributed by atoms with Crippen molar-refractivity contribution in [2.24, 2.45) is 0 Å². The summed E-state index contributed by atoms with van der Waals surface area (Å²) in [6.07, 6.45) is 3.05. The predicted octanol–water partition coefficient (Wildman–Crippen LogP) is 4.49. The molecule has 0 radical (unpaired) electrons. The summed E-state index contributed by atoms with van der Waals surface area (Å²) in [4.78, 5) is 30.2. The maximum absolute atomic E-state index is 12.4. The Morgan fingerprint density at radius 1 is 1.23 bits per heavy atom. The van der Waals surface area contributed by atoms with Gasteiger partial charge in [-0.3, -0.25) is 9.20 Å². The van der Waals surface area contributed by atoms with Gasteiger partial charge in [0.25, 0.3) is 5.56 Å². The van der Waals surface area contributed by atoms with Crippen molar-refractivity contribution in [3.63, 3.8) is 0 Å². The van der Waals surface area contributed by atoms with Gasteiger partial charge in [0.2, 0.25) is 0 Å². The molecule has 0 saturated carbocycles. The van der Waals surface area contributed by atoms with Gasteiger partial charge in [-0.25, -0.2) is 9.78 Å². The third-order valence-corrected chi connectivity index (χ3v) is 6.20. The average Bonchev–Trinajstić information content (AvgIpc) is 3.21. The summed E-state index contributed by atoms with van der Waals surface area (Å²) in [7, 11) is 0. The van der Waals surface area contributed by atoms with Crippen LogP contribution in [-0.2, 0) is 16.1 Å². The van der Waals surface area contributed by atoms with Gasteiger partial charge in [-0.05, 0) is 46.3 Å². The molecule has 5 nitrogen and oxygen atoms in total. The summed E-state index contributed by atoms with van der Waals surface area (Å²) in [5.41, 5.74) is 1.08. The molecule has 26 heavy (non-hydrogen) atoms. The molecular formula is C18H11BrN2O3S2. The standard InChI is InChI=1S/C18H11BrN2O3S2/c19-15-7-5-12(25-15)6-8-17(23)24-10-11-9-16(22)21-13-3-1-2-4-14(13)26-18(21)20-11/h1-9H,10H2/b8-6+. The number of aromatic nitrogens is 2. The van der Waals surface area contributed by atoms with Crippen LogP contribution in [0.5, 0.6) is 0 Å². The molecular weight excluding hydrogens is 436 g/mol. The molecule has 0 spiro atoms. The van der Waals surface area contributed by atoms with Crippen LogP contribution in [0.3, 0.4) is 0 Å². The van der Waals surface area contributed by atoms with Crippen molar-refractivity contribution in [3.05, 3.63) is 73.3 Å². The highest BCUT2D eigenvalue weighted by Gasteiger charge is 2.10. The van der Waals surface area contributed by atoms with Crippen LogP contribution in [0.15, 0.2) is 57.1 Å². The summed E-state index contributed by atoms with van der Waals surface area (Å²) in [5.74, 6) is -0.479. The number of benzene rings is 1. The zero-order chi connectivity index (χ0) is 18.1. The Morgan fingerprint density at radius 2 is 2.08 bits per heavy atom. The number of fused-ring (bicyclic) bond motifs is 3. The zero-order valence-corrected chi connectivity index (χ0v) is 16.4. The smallest absolute Gasteiger partial charge is 0.331 e. The van der Waals surface area contributed by atoms with Crippen LogP contribution in [0.25, 0.3) is 21.3 Å². The SMILES string of the molecule is O=C(/C=C/c1ccc(Br)s1)OCc1cc(=O)n2c(n1)sc1ccccc12. The van der Waals surface area contributed by atoms with Crippen molar-refractivity contribution in [2.45, 2.75) is 6.61 Å². The zero-order valence-electron chi connectivity index (χ0n) is 13.2. The molecule has 3 heterocycles. The third-order valence-electron chi connectivity index (χ3n) is 3.59. The second kappa shape index (κ2) is 7.14. The molecule has 0 N–H and O–H groups in total. The molecule has 0 bridgehead atoms. The van der Waals surface area contributed by atoms with E-state index in [-0.39, 0.29) is 12.2 Å². The summed E-state index contributed by atoms with van der Waals surface area (Å²) in [6.45, 7) is -0.0444. The largest absolute Gasteiger partial charge is 0.456 e. The third kappa shape index (κ3) is 3.48. The summed E-state index contributed by atoms with van der Waals surface area (Å²) >= 11 is 6.31. The van der Waals surface area contributed by atoms with Gasteiger partial charge in [0, 0.05) is 17.0 Å². The normalized spacial score (nSPS) is 11.6. The van der Waals surface area contributed by atoms with Gasteiger partial charge in [-0.15, -0.1) is 11.3 Å². The van der Waals surface area contributed by atoms with Crippen LogP contribution in [-0.4, -0.2) is 15.4 Å². The first-order valence-electron chi connectivity index (χ1n) is 7.60. The first-order chi connectivity index (χ1) is 12.6. The van der Waals surface area contributed by atoms with Crippen molar-refractivity contribution in [2.75, 3.05) is 0 Å². The lowest BCUT2D eigenvalue weighted by molar-refractivity contribution is -0.139. The summed E-state index contributed by atoms with van der Waals surface area (Å²) in [5, 5.41) is 0. The highest BCUT2D eigenvalue weighted by Crippen LogP contribution is 2.24. The molecule has 0 aliphatic rings. The van der Waals surface area contributed by atoms with E-state index in [0.717, 1.165) is 18.9 Å². The quantitative estimate of drug-likeness (QED) is 0.342. The first-order valence-corrected chi connectivity index (χ1v) is 10.0. The number of thiazole rings is 1. The molecule has 3 aromatic heterocycles. The van der Waals surface area contributed by atoms with Crippen molar-refractivity contribution in [1.82, 2.24) is 9.38 Å². The van der Waals surface area contributed by atoms with Gasteiger partial charge in [0.1, 0.15) is 6.61 Å². The van der Waals surface area contributed by atoms with Crippen LogP contribution in [0, 0.1) is 0 Å². The number of hydrogen-bond acceptors (Lipinski definition) is 6. The predicted molar refractivity (Wildman–Crippen MR) is 108 cm³/mol. The fraction of sp³-hybridized carbons (Fsp3) is 0.0556. The Labute approximate surface area is 164 Å². The molecule has 0 unspecified atom stereocenters. The van der Waals surface area contributed by atoms with Crippen LogP contribution in [0.1, 0.15) is 10.6 Å². The number of para-hydroxylation sites is 1. The highest BCUT2D eigenvalue weighted by atomic mass is 79.9. The summed E-state index contributed by atoms with van der Waals surface area (Å²) < 4.78 is 8.74. The molecule has 4 aromatic rings. The van der Waals surface area contributed by atoms with Gasteiger partial charge in [0.05, 0.1) is 19.7 Å². The van der Waals surface area contributed by atoms with E-state index in [0.29, 0.717) is 10.7 Å². The van der Waals surface area contributed by atoms with E-state index in [9.17, 15) is 9.59 Å². The Hall–Kier alpha value is -2.29. The lowest BCUT2D eigenvalue weighted by Crippen LogP contribution is -2.14. The molecule has 0 aliphatic carbocycles. The molecule has 0 atom stereocenters. The lowest BCUT2D eigenvalue weighted by atomic mass is 10.3. The van der Waals surface area contributed by atoms with Gasteiger partial charge in [-0.1, -0.05) is 23.5 Å². The Bertz CT molecular complexity index is 1210. The van der Waals surface area contributed by atoms with E-state index in [4.69, 9.17) is 4.74 Å². The highest BCUT2D eigenvalue weighted by molar-refractivity contribution is 9.11. The van der Waals surface area contributed by atoms with E-state index in [1.807, 2.05) is 36.4 Å². The lowest BCUT2D eigenvalue weighted by Gasteiger charge is -2.02. The van der Waals surface area contributed by atoms with Crippen molar-refractivity contribution in [3.8, 4) is 0 Å². The second-order valence-corrected chi connectivity index (χ2v) is 8.86. The van der Waals surface area contributed by atoms with Crippen molar-refractivity contribution >= 4 is 65.8 Å². The van der Waals surface area contributed by atoms with Crippen LogP contribution in [0.4, 0.5) is 0 Å². The maximum Gasteiger partial charge on any atom is 0.331 e. The minimum Gasteiger partial charge on any atom is -0.456 e. The van der Waals surface area contributed by atoms with Crippen molar-refractivity contribution < 1.29 is 9.53 Å². The molecule has 4 rings (SSSR count). The fourth-order valence-electron chi connectivity index (χ4n) is 2.46. The monoisotopic (exact) mass is 446 g/mol. The van der Waals surface area contributed by atoms with E-state index < -0.39 is 5.97 Å². The summed E-state index contributed by atoms with van der Waals surface area (Å²) in [6, 6.07) is 12.8. The van der Waals surface area contributed by atoms with Gasteiger partial charge in [0.15, 0.2) is 4.96 Å². The van der Waals surface area contributed by atoms with E-state index in [1.54, 1.807) is 10.5 Å². The maximum atomic E-state index is 12.4. The minimum atomic E-state index is -0.479. The second-order valence-electron chi connectivity index (χ2n) is 5.36. The number of nitrogens with zero attached hydrogens (tertiary/aromatic N) is 2. The van der Waals surface area contributed by atoms with Crippen molar-refractivity contribution in [1.29, 1.82) is 0 Å². The minimum absolute atomic E-state index is 0.0444. The molecule has 1 aromatic carbocycles.